The Hall–Kier alpha value is -1.32. The smallest absolute Gasteiger partial charge is 0.180 e. The van der Waals surface area contributed by atoms with Crippen molar-refractivity contribution in [2.75, 3.05) is 0 Å². The third-order valence-corrected chi connectivity index (χ3v) is 2.74. The van der Waals surface area contributed by atoms with Crippen LogP contribution in [0.4, 0.5) is 0 Å². The van der Waals surface area contributed by atoms with E-state index < -0.39 is 6.04 Å². The summed E-state index contributed by atoms with van der Waals surface area (Å²) in [7, 11) is 0. The Morgan fingerprint density at radius 1 is 1.47 bits per heavy atom. The van der Waals surface area contributed by atoms with Gasteiger partial charge in [0.25, 0.3) is 0 Å². The van der Waals surface area contributed by atoms with Crippen LogP contribution in [0.15, 0.2) is 24.4 Å². The van der Waals surface area contributed by atoms with Crippen LogP contribution >= 0.6 is 11.6 Å². The van der Waals surface area contributed by atoms with E-state index >= 15 is 0 Å². The van der Waals surface area contributed by atoms with Gasteiger partial charge in [-0.1, -0.05) is 17.7 Å². The minimum absolute atomic E-state index is 0.142. The highest BCUT2D eigenvalue weighted by atomic mass is 35.5. The van der Waals surface area contributed by atoms with E-state index in [4.69, 9.17) is 17.3 Å². The lowest BCUT2D eigenvalue weighted by Crippen LogP contribution is -2.26. The number of fused-ring (bicyclic) bond motifs is 1. The Bertz CT molecular complexity index is 516. The number of nitrogens with two attached hydrogens (primary N) is 1. The second-order valence-electron chi connectivity index (χ2n) is 3.52. The molecule has 1 aromatic heterocycles. The molecule has 15 heavy (non-hydrogen) atoms. The first-order valence-corrected chi connectivity index (χ1v) is 5.04. The van der Waals surface area contributed by atoms with Crippen molar-refractivity contribution in [1.29, 1.82) is 0 Å². The van der Waals surface area contributed by atoms with Crippen LogP contribution in [-0.2, 0) is 0 Å². The minimum atomic E-state index is -0.532. The number of aromatic amines is 1. The number of halogens is 1. The van der Waals surface area contributed by atoms with E-state index in [1.165, 1.54) is 0 Å². The fourth-order valence-corrected chi connectivity index (χ4v) is 1.85. The molecule has 4 heteroatoms. The quantitative estimate of drug-likeness (QED) is 0.767. The molecule has 2 rings (SSSR count). The summed E-state index contributed by atoms with van der Waals surface area (Å²) in [6.45, 7) is 1.65. The van der Waals surface area contributed by atoms with E-state index in [9.17, 15) is 4.79 Å². The molecule has 0 aliphatic rings. The van der Waals surface area contributed by atoms with Gasteiger partial charge in [-0.15, -0.1) is 0 Å². The topological polar surface area (TPSA) is 58.9 Å². The molecule has 0 bridgehead atoms. The number of carbonyl (C=O) groups excluding carboxylic acids is 1. The monoisotopic (exact) mass is 222 g/mol. The maximum Gasteiger partial charge on any atom is 0.180 e. The molecule has 0 spiro atoms. The van der Waals surface area contributed by atoms with Crippen molar-refractivity contribution in [3.8, 4) is 0 Å². The van der Waals surface area contributed by atoms with E-state index in [2.05, 4.69) is 4.98 Å². The average molecular weight is 223 g/mol. The van der Waals surface area contributed by atoms with Crippen molar-refractivity contribution in [2.45, 2.75) is 13.0 Å². The maximum atomic E-state index is 11.7. The average Bonchev–Trinajstić information content (AvgIpc) is 2.66. The zero-order valence-corrected chi connectivity index (χ0v) is 9.01. The van der Waals surface area contributed by atoms with Crippen molar-refractivity contribution in [3.05, 3.63) is 35.0 Å². The molecule has 0 fully saturated rings. The molecule has 2 aromatic rings. The molecule has 78 valence electrons. The predicted octanol–water partition coefficient (Wildman–Crippen LogP) is 2.35. The number of aromatic nitrogens is 1. The Labute approximate surface area is 92.2 Å². The van der Waals surface area contributed by atoms with Crippen molar-refractivity contribution in [3.63, 3.8) is 0 Å². The van der Waals surface area contributed by atoms with Crippen LogP contribution in [0.2, 0.25) is 5.02 Å². The van der Waals surface area contributed by atoms with Crippen LogP contribution in [0.3, 0.4) is 0 Å². The van der Waals surface area contributed by atoms with Crippen molar-refractivity contribution >= 4 is 28.3 Å². The normalized spacial score (nSPS) is 13.0. The van der Waals surface area contributed by atoms with Gasteiger partial charge >= 0.3 is 0 Å². The lowest BCUT2D eigenvalue weighted by atomic mass is 10.0. The second-order valence-corrected chi connectivity index (χ2v) is 3.90. The number of benzene rings is 1. The lowest BCUT2D eigenvalue weighted by molar-refractivity contribution is 0.0968. The van der Waals surface area contributed by atoms with E-state index in [0.717, 1.165) is 10.9 Å². The van der Waals surface area contributed by atoms with E-state index in [-0.39, 0.29) is 5.78 Å². The molecule has 1 aromatic carbocycles. The molecule has 1 atom stereocenters. The van der Waals surface area contributed by atoms with Crippen LogP contribution in [0, 0.1) is 0 Å². The molecule has 0 aliphatic heterocycles. The number of hydrogen-bond donors (Lipinski definition) is 2. The Balaban J connectivity index is 2.62. The SMILES string of the molecule is CC(N)C(=O)c1ccc2cc[nH]c2c1Cl. The van der Waals surface area contributed by atoms with Crippen LogP contribution in [-0.4, -0.2) is 16.8 Å². The molecule has 0 aliphatic carbocycles. The zero-order valence-electron chi connectivity index (χ0n) is 8.25. The number of ketones is 1. The van der Waals surface area contributed by atoms with Gasteiger partial charge in [0, 0.05) is 17.1 Å². The molecule has 0 radical (unpaired) electrons. The highest BCUT2D eigenvalue weighted by molar-refractivity contribution is 6.38. The van der Waals surface area contributed by atoms with Crippen LogP contribution < -0.4 is 5.73 Å². The molecule has 1 unspecified atom stereocenters. The first-order chi connectivity index (χ1) is 7.11. The molecular formula is C11H11ClN2O. The first kappa shape index (κ1) is 10.2. The first-order valence-electron chi connectivity index (χ1n) is 4.66. The van der Waals surface area contributed by atoms with Crippen LogP contribution in [0.1, 0.15) is 17.3 Å². The number of Topliss-reactive ketones (excluding diaryl/α,β-unsaturated/α-hetero) is 1. The molecule has 0 saturated heterocycles. The fourth-order valence-electron chi connectivity index (χ4n) is 1.53. The second kappa shape index (κ2) is 3.68. The molecule has 0 amide bonds. The molecular weight excluding hydrogens is 212 g/mol. The summed E-state index contributed by atoms with van der Waals surface area (Å²) >= 11 is 6.11. The third-order valence-electron chi connectivity index (χ3n) is 2.34. The minimum Gasteiger partial charge on any atom is -0.360 e. The molecule has 3 nitrogen and oxygen atoms in total. The largest absolute Gasteiger partial charge is 0.360 e. The highest BCUT2D eigenvalue weighted by Crippen LogP contribution is 2.26. The third kappa shape index (κ3) is 1.64. The molecule has 1 heterocycles. The summed E-state index contributed by atoms with van der Waals surface area (Å²) in [6.07, 6.45) is 1.79. The number of rotatable bonds is 2. The summed E-state index contributed by atoms with van der Waals surface area (Å²) in [5.41, 5.74) is 6.79. The summed E-state index contributed by atoms with van der Waals surface area (Å²) in [4.78, 5) is 14.7. The van der Waals surface area contributed by atoms with Gasteiger partial charge in [0.1, 0.15) is 0 Å². The van der Waals surface area contributed by atoms with E-state index in [0.29, 0.717) is 10.6 Å². The number of hydrogen-bond acceptors (Lipinski definition) is 2. The van der Waals surface area contributed by atoms with Gasteiger partial charge < -0.3 is 10.7 Å². The Morgan fingerprint density at radius 3 is 2.87 bits per heavy atom. The summed E-state index contributed by atoms with van der Waals surface area (Å²) in [5.74, 6) is -0.142. The predicted molar refractivity (Wildman–Crippen MR) is 61.3 cm³/mol. The van der Waals surface area contributed by atoms with E-state index in [1.807, 2.05) is 12.1 Å². The standard InChI is InChI=1S/C11H11ClN2O/c1-6(13)11(15)8-3-2-7-4-5-14-10(7)9(8)12/h2-6,14H,13H2,1H3. The van der Waals surface area contributed by atoms with Gasteiger partial charge in [-0.2, -0.15) is 0 Å². The molecule has 3 N–H and O–H groups in total. The molecule has 0 saturated carbocycles. The van der Waals surface area contributed by atoms with Crippen LogP contribution in [0.25, 0.3) is 10.9 Å². The van der Waals surface area contributed by atoms with Gasteiger partial charge in [-0.3, -0.25) is 4.79 Å². The highest BCUT2D eigenvalue weighted by Gasteiger charge is 2.16. The van der Waals surface area contributed by atoms with Gasteiger partial charge in [0.2, 0.25) is 0 Å². The van der Waals surface area contributed by atoms with E-state index in [1.54, 1.807) is 19.2 Å². The summed E-state index contributed by atoms with van der Waals surface area (Å²) < 4.78 is 0. The number of nitrogens with one attached hydrogen (secondary N) is 1. The fraction of sp³-hybridized carbons (Fsp3) is 0.182. The lowest BCUT2D eigenvalue weighted by Gasteiger charge is -2.06. The van der Waals surface area contributed by atoms with Crippen molar-refractivity contribution in [1.82, 2.24) is 4.98 Å². The van der Waals surface area contributed by atoms with Gasteiger partial charge in [-0.25, -0.2) is 0 Å². The maximum absolute atomic E-state index is 11.7. The zero-order chi connectivity index (χ0) is 11.0. The Morgan fingerprint density at radius 2 is 2.20 bits per heavy atom. The summed E-state index contributed by atoms with van der Waals surface area (Å²) in [6, 6.07) is 4.94. The van der Waals surface area contributed by atoms with Crippen LogP contribution in [0.5, 0.6) is 0 Å². The van der Waals surface area contributed by atoms with Gasteiger partial charge in [0.15, 0.2) is 5.78 Å². The number of H-pyrrole nitrogens is 1. The van der Waals surface area contributed by atoms with Gasteiger partial charge in [-0.05, 0) is 19.1 Å². The number of carbonyl (C=O) groups is 1. The van der Waals surface area contributed by atoms with Crippen molar-refractivity contribution in [2.24, 2.45) is 5.73 Å². The van der Waals surface area contributed by atoms with Gasteiger partial charge in [0.05, 0.1) is 16.6 Å². The summed E-state index contributed by atoms with van der Waals surface area (Å²) in [5, 5.41) is 1.43. The Kier molecular flexibility index (Phi) is 2.50. The van der Waals surface area contributed by atoms with Crippen molar-refractivity contribution < 1.29 is 4.79 Å².